The summed E-state index contributed by atoms with van der Waals surface area (Å²) < 4.78 is 5.28. The molecule has 0 heterocycles. The van der Waals surface area contributed by atoms with Gasteiger partial charge in [0.05, 0.1) is 6.61 Å². The van der Waals surface area contributed by atoms with Crippen LogP contribution in [0, 0.1) is 5.92 Å². The molecule has 2 aliphatic carbocycles. The van der Waals surface area contributed by atoms with Gasteiger partial charge in [-0.15, -0.1) is 0 Å². The first kappa shape index (κ1) is 14.1. The van der Waals surface area contributed by atoms with Crippen molar-refractivity contribution < 1.29 is 9.53 Å². The smallest absolute Gasteiger partial charge is 0.334 e. The molecule has 0 bridgehead atoms. The van der Waals surface area contributed by atoms with Crippen molar-refractivity contribution >= 4 is 5.97 Å². The molecule has 0 spiro atoms. The zero-order chi connectivity index (χ0) is 14.7. The number of rotatable bonds is 3. The van der Waals surface area contributed by atoms with Crippen LogP contribution in [0.15, 0.2) is 53.6 Å². The fourth-order valence-electron chi connectivity index (χ4n) is 3.65. The Morgan fingerprint density at radius 2 is 2.00 bits per heavy atom. The first-order chi connectivity index (χ1) is 10.3. The molecule has 0 aromatic heterocycles. The summed E-state index contributed by atoms with van der Waals surface area (Å²) in [4.78, 5) is 12.3. The molecule has 1 aromatic carbocycles. The fourth-order valence-corrected chi connectivity index (χ4v) is 3.65. The van der Waals surface area contributed by atoms with Crippen molar-refractivity contribution in [1.29, 1.82) is 0 Å². The molecular weight excluding hydrogens is 260 g/mol. The Bertz CT molecular complexity index is 568. The molecule has 1 saturated carbocycles. The van der Waals surface area contributed by atoms with Gasteiger partial charge >= 0.3 is 5.97 Å². The van der Waals surface area contributed by atoms with Crippen molar-refractivity contribution in [3.05, 3.63) is 59.2 Å². The van der Waals surface area contributed by atoms with E-state index >= 15 is 0 Å². The Hall–Kier alpha value is -1.83. The minimum Gasteiger partial charge on any atom is -0.463 e. The van der Waals surface area contributed by atoms with E-state index in [1.165, 1.54) is 36.8 Å². The van der Waals surface area contributed by atoms with Gasteiger partial charge in [0.2, 0.25) is 0 Å². The van der Waals surface area contributed by atoms with Crippen LogP contribution in [0.25, 0.3) is 0 Å². The average molecular weight is 282 g/mol. The highest BCUT2D eigenvalue weighted by Crippen LogP contribution is 2.46. The SMILES string of the molecule is CCOC(=O)C1=CC=C2CCCCC2C1c1ccccc1. The van der Waals surface area contributed by atoms with Gasteiger partial charge in [0.15, 0.2) is 0 Å². The van der Waals surface area contributed by atoms with Crippen LogP contribution in [0.3, 0.4) is 0 Å². The first-order valence-electron chi connectivity index (χ1n) is 7.94. The van der Waals surface area contributed by atoms with Crippen LogP contribution in [0.4, 0.5) is 0 Å². The quantitative estimate of drug-likeness (QED) is 0.769. The van der Waals surface area contributed by atoms with Crippen LogP contribution in [-0.2, 0) is 9.53 Å². The molecule has 1 fully saturated rings. The number of esters is 1. The Morgan fingerprint density at radius 3 is 2.76 bits per heavy atom. The van der Waals surface area contributed by atoms with Gasteiger partial charge in [-0.25, -0.2) is 4.79 Å². The molecule has 21 heavy (non-hydrogen) atoms. The molecule has 0 amide bonds. The van der Waals surface area contributed by atoms with Gasteiger partial charge in [-0.3, -0.25) is 0 Å². The van der Waals surface area contributed by atoms with E-state index < -0.39 is 0 Å². The number of carbonyl (C=O) groups excluding carboxylic acids is 1. The Kier molecular flexibility index (Phi) is 4.23. The maximum Gasteiger partial charge on any atom is 0.334 e. The van der Waals surface area contributed by atoms with Crippen molar-refractivity contribution in [1.82, 2.24) is 0 Å². The van der Waals surface area contributed by atoms with E-state index in [1.54, 1.807) is 0 Å². The molecule has 110 valence electrons. The monoisotopic (exact) mass is 282 g/mol. The zero-order valence-corrected chi connectivity index (χ0v) is 12.5. The number of allylic oxidation sites excluding steroid dienone is 3. The van der Waals surface area contributed by atoms with E-state index in [0.29, 0.717) is 12.5 Å². The van der Waals surface area contributed by atoms with Crippen molar-refractivity contribution in [2.75, 3.05) is 6.61 Å². The highest BCUT2D eigenvalue weighted by Gasteiger charge is 2.36. The number of benzene rings is 1. The van der Waals surface area contributed by atoms with Crippen molar-refractivity contribution in [2.24, 2.45) is 5.92 Å². The molecule has 0 radical (unpaired) electrons. The molecule has 3 rings (SSSR count). The predicted octanol–water partition coefficient (Wildman–Crippen LogP) is 4.39. The molecule has 0 aliphatic heterocycles. The molecule has 2 aliphatic rings. The zero-order valence-electron chi connectivity index (χ0n) is 12.5. The highest BCUT2D eigenvalue weighted by molar-refractivity contribution is 5.91. The van der Waals surface area contributed by atoms with Gasteiger partial charge in [-0.1, -0.05) is 54.5 Å². The summed E-state index contributed by atoms with van der Waals surface area (Å²) in [6, 6.07) is 10.4. The van der Waals surface area contributed by atoms with Gasteiger partial charge in [0.1, 0.15) is 0 Å². The van der Waals surface area contributed by atoms with Crippen LogP contribution in [-0.4, -0.2) is 12.6 Å². The summed E-state index contributed by atoms with van der Waals surface area (Å²) >= 11 is 0. The van der Waals surface area contributed by atoms with Gasteiger partial charge < -0.3 is 4.74 Å². The maximum atomic E-state index is 12.3. The van der Waals surface area contributed by atoms with Crippen LogP contribution in [0.5, 0.6) is 0 Å². The largest absolute Gasteiger partial charge is 0.463 e. The van der Waals surface area contributed by atoms with E-state index in [2.05, 4.69) is 30.3 Å². The molecule has 2 heteroatoms. The summed E-state index contributed by atoms with van der Waals surface area (Å²) in [6.45, 7) is 2.29. The van der Waals surface area contributed by atoms with Gasteiger partial charge in [-0.05, 0) is 37.7 Å². The Morgan fingerprint density at radius 1 is 1.19 bits per heavy atom. The highest BCUT2D eigenvalue weighted by atomic mass is 16.5. The minimum absolute atomic E-state index is 0.158. The molecule has 0 saturated heterocycles. The lowest BCUT2D eigenvalue weighted by Crippen LogP contribution is -2.27. The third kappa shape index (κ3) is 2.80. The lowest BCUT2D eigenvalue weighted by Gasteiger charge is -2.36. The normalized spacial score (nSPS) is 24.6. The minimum atomic E-state index is -0.160. The molecule has 2 atom stereocenters. The molecule has 2 nitrogen and oxygen atoms in total. The third-order valence-electron chi connectivity index (χ3n) is 4.59. The molecule has 2 unspecified atom stereocenters. The predicted molar refractivity (Wildman–Crippen MR) is 83.9 cm³/mol. The first-order valence-corrected chi connectivity index (χ1v) is 7.94. The fraction of sp³-hybridized carbons (Fsp3) is 0.421. The standard InChI is InChI=1S/C19H22O2/c1-2-21-19(20)17-13-12-14-8-6-7-11-16(14)18(17)15-9-4-3-5-10-15/h3-5,9-10,12-13,16,18H,2,6-8,11H2,1H3. The van der Waals surface area contributed by atoms with E-state index in [9.17, 15) is 4.79 Å². The van der Waals surface area contributed by atoms with E-state index in [-0.39, 0.29) is 11.9 Å². The Labute approximate surface area is 126 Å². The average Bonchev–Trinajstić information content (AvgIpc) is 2.55. The maximum absolute atomic E-state index is 12.3. The molecular formula is C19H22O2. The van der Waals surface area contributed by atoms with E-state index in [0.717, 1.165) is 5.57 Å². The summed E-state index contributed by atoms with van der Waals surface area (Å²) in [7, 11) is 0. The molecule has 1 aromatic rings. The summed E-state index contributed by atoms with van der Waals surface area (Å²) in [5, 5.41) is 0. The molecule has 0 N–H and O–H groups in total. The van der Waals surface area contributed by atoms with Crippen LogP contribution >= 0.6 is 0 Å². The number of hydrogen-bond acceptors (Lipinski definition) is 2. The lowest BCUT2D eigenvalue weighted by atomic mass is 9.68. The van der Waals surface area contributed by atoms with E-state index in [4.69, 9.17) is 4.74 Å². The summed E-state index contributed by atoms with van der Waals surface area (Å²) in [6.07, 6.45) is 9.01. The van der Waals surface area contributed by atoms with Gasteiger partial charge in [0.25, 0.3) is 0 Å². The van der Waals surface area contributed by atoms with Crippen molar-refractivity contribution in [3.8, 4) is 0 Å². The second-order valence-corrected chi connectivity index (χ2v) is 5.82. The number of carbonyl (C=O) groups is 1. The van der Waals surface area contributed by atoms with Gasteiger partial charge in [-0.2, -0.15) is 0 Å². The number of fused-ring (bicyclic) bond motifs is 1. The Balaban J connectivity index is 2.00. The van der Waals surface area contributed by atoms with Crippen LogP contribution in [0.2, 0.25) is 0 Å². The topological polar surface area (TPSA) is 26.3 Å². The van der Waals surface area contributed by atoms with Crippen LogP contribution < -0.4 is 0 Å². The second kappa shape index (κ2) is 6.30. The number of hydrogen-bond donors (Lipinski definition) is 0. The third-order valence-corrected chi connectivity index (χ3v) is 4.59. The summed E-state index contributed by atoms with van der Waals surface area (Å²) in [5.41, 5.74) is 3.55. The van der Waals surface area contributed by atoms with Crippen molar-refractivity contribution in [3.63, 3.8) is 0 Å². The number of ether oxygens (including phenoxy) is 1. The lowest BCUT2D eigenvalue weighted by molar-refractivity contribution is -0.139. The second-order valence-electron chi connectivity index (χ2n) is 5.82. The van der Waals surface area contributed by atoms with Gasteiger partial charge in [0, 0.05) is 11.5 Å². The van der Waals surface area contributed by atoms with Crippen molar-refractivity contribution in [2.45, 2.75) is 38.5 Å². The van der Waals surface area contributed by atoms with E-state index in [1.807, 2.05) is 19.1 Å². The van der Waals surface area contributed by atoms with Crippen LogP contribution in [0.1, 0.15) is 44.1 Å². The summed E-state index contributed by atoms with van der Waals surface area (Å²) in [5.74, 6) is 0.461.